The van der Waals surface area contributed by atoms with Gasteiger partial charge in [0.15, 0.2) is 0 Å². The van der Waals surface area contributed by atoms with Crippen LogP contribution in [-0.2, 0) is 16.6 Å². The molecule has 0 atom stereocenters. The van der Waals surface area contributed by atoms with Crippen LogP contribution in [0, 0.1) is 0 Å². The highest BCUT2D eigenvalue weighted by Crippen LogP contribution is 2.19. The highest BCUT2D eigenvalue weighted by molar-refractivity contribution is 7.89. The van der Waals surface area contributed by atoms with Crippen molar-refractivity contribution in [3.05, 3.63) is 51.7 Å². The summed E-state index contributed by atoms with van der Waals surface area (Å²) in [5.41, 5.74) is 6.00. The summed E-state index contributed by atoms with van der Waals surface area (Å²) in [6, 6.07) is 7.34. The average molecular weight is 340 g/mol. The Morgan fingerprint density at radius 3 is 2.59 bits per heavy atom. The number of sulfonamides is 1. The number of hydrogen-bond donors (Lipinski definition) is 3. The lowest BCUT2D eigenvalue weighted by Gasteiger charge is -2.06. The van der Waals surface area contributed by atoms with Gasteiger partial charge in [0.2, 0.25) is 15.9 Å². The Hall–Kier alpha value is -2.23. The van der Waals surface area contributed by atoms with Gasteiger partial charge in [0.25, 0.3) is 0 Å². The monoisotopic (exact) mass is 340 g/mol. The number of carbonyl (C=O) groups excluding carboxylic acids is 1. The van der Waals surface area contributed by atoms with E-state index in [9.17, 15) is 18.0 Å². The normalized spacial score (nSPS) is 11.3. The predicted molar refractivity (Wildman–Crippen MR) is 80.3 cm³/mol. The number of carbonyl (C=O) groups is 2. The van der Waals surface area contributed by atoms with Gasteiger partial charge in [-0.2, -0.15) is 0 Å². The third-order valence-electron chi connectivity index (χ3n) is 2.77. The van der Waals surface area contributed by atoms with Crippen molar-refractivity contribution < 1.29 is 23.1 Å². The molecule has 0 saturated heterocycles. The molecule has 2 rings (SSSR count). The molecule has 0 bridgehead atoms. The van der Waals surface area contributed by atoms with E-state index in [4.69, 9.17) is 10.8 Å². The zero-order valence-electron chi connectivity index (χ0n) is 11.1. The van der Waals surface area contributed by atoms with E-state index in [0.29, 0.717) is 5.56 Å². The Morgan fingerprint density at radius 2 is 2.00 bits per heavy atom. The molecule has 1 aromatic heterocycles. The highest BCUT2D eigenvalue weighted by Gasteiger charge is 2.18. The van der Waals surface area contributed by atoms with Crippen LogP contribution in [0.25, 0.3) is 0 Å². The number of carboxylic acid groups (broad SMARTS) is 1. The van der Waals surface area contributed by atoms with Crippen LogP contribution in [0.4, 0.5) is 0 Å². The number of nitrogens with two attached hydrogens (primary N) is 1. The Morgan fingerprint density at radius 1 is 1.27 bits per heavy atom. The lowest BCUT2D eigenvalue weighted by atomic mass is 10.1. The number of carboxylic acids is 1. The fourth-order valence-electron chi connectivity index (χ4n) is 1.67. The summed E-state index contributed by atoms with van der Waals surface area (Å²) in [4.78, 5) is 21.7. The molecule has 1 amide bonds. The van der Waals surface area contributed by atoms with Crippen molar-refractivity contribution in [3.63, 3.8) is 0 Å². The lowest BCUT2D eigenvalue weighted by Crippen LogP contribution is -2.23. The van der Waals surface area contributed by atoms with Crippen LogP contribution in [0.3, 0.4) is 0 Å². The van der Waals surface area contributed by atoms with Crippen LogP contribution in [0.2, 0.25) is 0 Å². The minimum absolute atomic E-state index is 0.0400. The topological polar surface area (TPSA) is 127 Å². The van der Waals surface area contributed by atoms with Crippen LogP contribution in [0.5, 0.6) is 0 Å². The van der Waals surface area contributed by atoms with Crippen molar-refractivity contribution in [1.82, 2.24) is 4.72 Å². The zero-order valence-corrected chi connectivity index (χ0v) is 12.8. The molecule has 0 aliphatic rings. The summed E-state index contributed by atoms with van der Waals surface area (Å²) in [6.07, 6.45) is 0. The van der Waals surface area contributed by atoms with Gasteiger partial charge in [-0.05, 0) is 23.8 Å². The van der Waals surface area contributed by atoms with E-state index in [1.54, 1.807) is 12.1 Å². The van der Waals surface area contributed by atoms with Crippen molar-refractivity contribution >= 4 is 33.2 Å². The molecular formula is C13H12N2O5S2. The molecule has 0 saturated carbocycles. The molecule has 0 radical (unpaired) electrons. The highest BCUT2D eigenvalue weighted by atomic mass is 32.2. The molecule has 0 fully saturated rings. The second-order valence-corrected chi connectivity index (χ2v) is 7.02. The van der Waals surface area contributed by atoms with E-state index in [0.717, 1.165) is 17.4 Å². The maximum atomic E-state index is 12.1. The fourth-order valence-corrected chi connectivity index (χ4v) is 3.80. The van der Waals surface area contributed by atoms with Crippen LogP contribution in [0.1, 0.15) is 25.6 Å². The largest absolute Gasteiger partial charge is 0.477 e. The zero-order chi connectivity index (χ0) is 16.3. The first-order valence-electron chi connectivity index (χ1n) is 6.00. The molecule has 9 heteroatoms. The summed E-state index contributed by atoms with van der Waals surface area (Å²) >= 11 is 0.833. The molecule has 0 unspecified atom stereocenters. The van der Waals surface area contributed by atoms with Crippen LogP contribution >= 0.6 is 11.3 Å². The molecule has 4 N–H and O–H groups in total. The van der Waals surface area contributed by atoms with E-state index in [1.165, 1.54) is 17.5 Å². The quantitative estimate of drug-likeness (QED) is 0.724. The molecular weight excluding hydrogens is 328 g/mol. The van der Waals surface area contributed by atoms with Crippen molar-refractivity contribution in [2.24, 2.45) is 5.73 Å². The van der Waals surface area contributed by atoms with Crippen LogP contribution in [0.15, 0.2) is 40.6 Å². The van der Waals surface area contributed by atoms with Gasteiger partial charge in [-0.1, -0.05) is 12.1 Å². The number of amides is 1. The van der Waals surface area contributed by atoms with Crippen LogP contribution in [-0.4, -0.2) is 25.4 Å². The average Bonchev–Trinajstić information content (AvgIpc) is 2.96. The molecule has 116 valence electrons. The van der Waals surface area contributed by atoms with Gasteiger partial charge in [-0.15, -0.1) is 11.3 Å². The third-order valence-corrected chi connectivity index (χ3v) is 5.22. The summed E-state index contributed by atoms with van der Waals surface area (Å²) in [6.45, 7) is -0.0400. The van der Waals surface area contributed by atoms with E-state index < -0.39 is 21.9 Å². The van der Waals surface area contributed by atoms with Gasteiger partial charge in [-0.3, -0.25) is 4.79 Å². The predicted octanol–water partition coefficient (Wildman–Crippen LogP) is 1.02. The van der Waals surface area contributed by atoms with Gasteiger partial charge < -0.3 is 10.8 Å². The van der Waals surface area contributed by atoms with Gasteiger partial charge >= 0.3 is 5.97 Å². The second kappa shape index (κ2) is 6.26. The summed E-state index contributed by atoms with van der Waals surface area (Å²) in [5, 5.41) is 10.1. The van der Waals surface area contributed by atoms with Crippen LogP contribution < -0.4 is 10.5 Å². The maximum absolute atomic E-state index is 12.1. The standard InChI is InChI=1S/C13H12N2O5S2/c14-12(16)9-3-1-2-8(4-9)6-15-22(19,20)10-5-11(13(17)18)21-7-10/h1-5,7,15H,6H2,(H2,14,16)(H,17,18). The number of nitrogens with one attached hydrogen (secondary N) is 1. The van der Waals surface area contributed by atoms with E-state index >= 15 is 0 Å². The molecule has 1 heterocycles. The SMILES string of the molecule is NC(=O)c1cccc(CNS(=O)(=O)c2csc(C(=O)O)c2)c1. The van der Waals surface area contributed by atoms with E-state index in [2.05, 4.69) is 4.72 Å². The Bertz CT molecular complexity index is 826. The number of thiophene rings is 1. The lowest BCUT2D eigenvalue weighted by molar-refractivity contribution is 0.0701. The van der Waals surface area contributed by atoms with Crippen molar-refractivity contribution in [2.45, 2.75) is 11.4 Å². The Labute approximate surface area is 130 Å². The molecule has 7 nitrogen and oxygen atoms in total. The minimum Gasteiger partial charge on any atom is -0.477 e. The molecule has 22 heavy (non-hydrogen) atoms. The second-order valence-electron chi connectivity index (χ2n) is 4.34. The van der Waals surface area contributed by atoms with Crippen molar-refractivity contribution in [2.75, 3.05) is 0 Å². The maximum Gasteiger partial charge on any atom is 0.345 e. The number of benzene rings is 1. The molecule has 0 aliphatic carbocycles. The number of primary amides is 1. The first kappa shape index (κ1) is 16.1. The number of hydrogen-bond acceptors (Lipinski definition) is 5. The fraction of sp³-hybridized carbons (Fsp3) is 0.0769. The Balaban J connectivity index is 2.14. The van der Waals surface area contributed by atoms with E-state index in [-0.39, 0.29) is 21.9 Å². The Kier molecular flexibility index (Phi) is 4.59. The first-order valence-corrected chi connectivity index (χ1v) is 8.36. The molecule has 0 spiro atoms. The minimum atomic E-state index is -3.82. The van der Waals surface area contributed by atoms with Gasteiger partial charge in [0.1, 0.15) is 4.88 Å². The number of aromatic carboxylic acids is 1. The van der Waals surface area contributed by atoms with Crippen molar-refractivity contribution in [1.29, 1.82) is 0 Å². The third kappa shape index (κ3) is 3.70. The smallest absolute Gasteiger partial charge is 0.345 e. The molecule has 0 aliphatic heterocycles. The van der Waals surface area contributed by atoms with E-state index in [1.807, 2.05) is 0 Å². The number of rotatable bonds is 6. The van der Waals surface area contributed by atoms with Gasteiger partial charge in [0, 0.05) is 17.5 Å². The summed E-state index contributed by atoms with van der Waals surface area (Å²) in [5.74, 6) is -1.78. The van der Waals surface area contributed by atoms with Gasteiger partial charge in [-0.25, -0.2) is 17.9 Å². The van der Waals surface area contributed by atoms with Gasteiger partial charge in [0.05, 0.1) is 4.90 Å². The summed E-state index contributed by atoms with van der Waals surface area (Å²) < 4.78 is 26.5. The first-order chi connectivity index (χ1) is 10.3. The molecule has 2 aromatic rings. The van der Waals surface area contributed by atoms with Crippen molar-refractivity contribution in [3.8, 4) is 0 Å². The molecule has 1 aromatic carbocycles. The summed E-state index contributed by atoms with van der Waals surface area (Å²) in [7, 11) is -3.82.